The van der Waals surface area contributed by atoms with Gasteiger partial charge in [-0.1, -0.05) is 40.7 Å². The molecule has 2 atom stereocenters. The van der Waals surface area contributed by atoms with Crippen LogP contribution in [0.5, 0.6) is 11.5 Å². The van der Waals surface area contributed by atoms with Crippen LogP contribution in [-0.2, 0) is 32.1 Å². The predicted octanol–water partition coefficient (Wildman–Crippen LogP) is 3.90. The van der Waals surface area contributed by atoms with Gasteiger partial charge < -0.3 is 25.4 Å². The van der Waals surface area contributed by atoms with E-state index in [1.54, 1.807) is 43.5 Å². The van der Waals surface area contributed by atoms with E-state index in [2.05, 4.69) is 10.3 Å². The molecule has 0 fully saturated rings. The summed E-state index contributed by atoms with van der Waals surface area (Å²) >= 11 is 0. The molecular formula is C31H40N4O6. The molecule has 0 radical (unpaired) electrons. The maximum atomic E-state index is 14.1. The lowest BCUT2D eigenvalue weighted by Gasteiger charge is -2.37. The number of nitrogens with zero attached hydrogens (tertiary/aromatic N) is 2. The van der Waals surface area contributed by atoms with Crippen molar-refractivity contribution in [3.05, 3.63) is 53.6 Å². The van der Waals surface area contributed by atoms with Gasteiger partial charge in [-0.25, -0.2) is 4.99 Å². The van der Waals surface area contributed by atoms with Crippen molar-refractivity contribution >= 4 is 35.0 Å². The average molecular weight is 565 g/mol. The van der Waals surface area contributed by atoms with Gasteiger partial charge >= 0.3 is 0 Å². The Morgan fingerprint density at radius 3 is 2.32 bits per heavy atom. The number of carbonyl (C=O) groups excluding carboxylic acids is 4. The third-order valence-electron chi connectivity index (χ3n) is 6.84. The summed E-state index contributed by atoms with van der Waals surface area (Å²) in [5.74, 6) is -1.05. The molecule has 220 valence electrons. The molecule has 0 saturated heterocycles. The lowest BCUT2D eigenvalue weighted by atomic mass is 9.90. The number of amides is 4. The fourth-order valence-electron chi connectivity index (χ4n) is 4.49. The van der Waals surface area contributed by atoms with Crippen molar-refractivity contribution in [2.45, 2.75) is 66.5 Å². The van der Waals surface area contributed by atoms with Crippen LogP contribution >= 0.6 is 0 Å². The Hall–Kier alpha value is -4.21. The second kappa shape index (κ2) is 13.4. The number of ether oxygens (including phenoxy) is 2. The number of fused-ring (bicyclic) bond motifs is 1. The van der Waals surface area contributed by atoms with Gasteiger partial charge in [0.2, 0.25) is 11.8 Å². The van der Waals surface area contributed by atoms with Gasteiger partial charge in [0, 0.05) is 31.0 Å². The Kier molecular flexibility index (Phi) is 10.3. The molecule has 0 spiro atoms. The van der Waals surface area contributed by atoms with Crippen LogP contribution in [0.15, 0.2) is 47.5 Å². The highest BCUT2D eigenvalue weighted by Gasteiger charge is 2.38. The molecule has 0 aromatic heterocycles. The average Bonchev–Trinajstić information content (AvgIpc) is 2.92. The number of rotatable bonds is 10. The molecule has 2 unspecified atom stereocenters. The predicted molar refractivity (Wildman–Crippen MR) is 157 cm³/mol. The molecule has 2 aromatic carbocycles. The largest absolute Gasteiger partial charge is 0.497 e. The van der Waals surface area contributed by atoms with Crippen LogP contribution in [0.4, 0.5) is 5.69 Å². The highest BCUT2D eigenvalue weighted by molar-refractivity contribution is 6.41. The van der Waals surface area contributed by atoms with Gasteiger partial charge in [0.15, 0.2) is 6.61 Å². The highest BCUT2D eigenvalue weighted by Crippen LogP contribution is 2.29. The first kappa shape index (κ1) is 31.3. The zero-order valence-corrected chi connectivity index (χ0v) is 24.7. The Morgan fingerprint density at radius 2 is 1.73 bits per heavy atom. The number of hydrogen-bond donors (Lipinski definition) is 2. The molecule has 3 N–H and O–H groups in total. The molecule has 4 amide bonds. The number of benzene rings is 2. The van der Waals surface area contributed by atoms with Crippen LogP contribution in [-0.4, -0.2) is 54.0 Å². The van der Waals surface area contributed by atoms with Crippen LogP contribution in [0.3, 0.4) is 0 Å². The molecule has 2 aromatic rings. The zero-order valence-electron chi connectivity index (χ0n) is 24.7. The van der Waals surface area contributed by atoms with Gasteiger partial charge in [-0.2, -0.15) is 0 Å². The summed E-state index contributed by atoms with van der Waals surface area (Å²) in [5.41, 5.74) is 7.23. The van der Waals surface area contributed by atoms with Gasteiger partial charge in [0.1, 0.15) is 23.3 Å². The lowest BCUT2D eigenvalue weighted by molar-refractivity contribution is -0.135. The first-order chi connectivity index (χ1) is 19.3. The number of aliphatic imine (C=N–C) groups is 1. The van der Waals surface area contributed by atoms with Gasteiger partial charge in [-0.3, -0.25) is 19.2 Å². The summed E-state index contributed by atoms with van der Waals surface area (Å²) in [5, 5.41) is 2.91. The first-order valence-corrected chi connectivity index (χ1v) is 13.7. The van der Waals surface area contributed by atoms with Crippen molar-refractivity contribution in [2.24, 2.45) is 22.1 Å². The normalized spacial score (nSPS) is 15.9. The molecule has 3 rings (SSSR count). The quantitative estimate of drug-likeness (QED) is 0.420. The molecule has 41 heavy (non-hydrogen) atoms. The molecular weight excluding hydrogens is 524 g/mol. The third-order valence-corrected chi connectivity index (χ3v) is 6.84. The highest BCUT2D eigenvalue weighted by atomic mass is 16.5. The molecule has 10 heteroatoms. The third kappa shape index (κ3) is 8.64. The SMILES string of the molecule is CCC(C)C(=NC(=O)CC(C)(C)C)C(=O)N1Cc2cc(OCC(N)=O)ccc2CC1C(=O)Nc1ccc(OC)cc1. The molecule has 1 aliphatic heterocycles. The summed E-state index contributed by atoms with van der Waals surface area (Å²) in [6.45, 7) is 9.38. The van der Waals surface area contributed by atoms with E-state index in [-0.39, 0.29) is 54.9 Å². The second-order valence-electron chi connectivity index (χ2n) is 11.5. The fourth-order valence-corrected chi connectivity index (χ4v) is 4.49. The minimum absolute atomic E-state index is 0.0888. The van der Waals surface area contributed by atoms with E-state index >= 15 is 0 Å². The van der Waals surface area contributed by atoms with Crippen molar-refractivity contribution in [2.75, 3.05) is 19.0 Å². The smallest absolute Gasteiger partial charge is 0.269 e. The van der Waals surface area contributed by atoms with Crippen molar-refractivity contribution in [1.82, 2.24) is 4.90 Å². The van der Waals surface area contributed by atoms with Crippen molar-refractivity contribution in [3.63, 3.8) is 0 Å². The summed E-state index contributed by atoms with van der Waals surface area (Å²) in [6, 6.07) is 11.3. The van der Waals surface area contributed by atoms with Crippen LogP contribution in [0.1, 0.15) is 58.6 Å². The maximum Gasteiger partial charge on any atom is 0.269 e. The number of nitrogens with two attached hydrogens (primary N) is 1. The van der Waals surface area contributed by atoms with Gasteiger partial charge in [-0.05, 0) is 59.4 Å². The molecule has 10 nitrogen and oxygen atoms in total. The lowest BCUT2D eigenvalue weighted by Crippen LogP contribution is -2.53. The minimum Gasteiger partial charge on any atom is -0.497 e. The number of anilines is 1. The Balaban J connectivity index is 1.99. The van der Waals surface area contributed by atoms with E-state index in [0.717, 1.165) is 11.1 Å². The van der Waals surface area contributed by atoms with Crippen molar-refractivity contribution in [3.8, 4) is 11.5 Å². The zero-order chi connectivity index (χ0) is 30.3. The molecule has 0 aliphatic carbocycles. The van der Waals surface area contributed by atoms with Crippen molar-refractivity contribution < 1.29 is 28.7 Å². The minimum atomic E-state index is -0.860. The van der Waals surface area contributed by atoms with Gasteiger partial charge in [0.05, 0.1) is 7.11 Å². The van der Waals surface area contributed by atoms with E-state index in [4.69, 9.17) is 15.2 Å². The number of carbonyl (C=O) groups is 4. The summed E-state index contributed by atoms with van der Waals surface area (Å²) in [4.78, 5) is 57.6. The van der Waals surface area contributed by atoms with Crippen LogP contribution in [0.25, 0.3) is 0 Å². The van der Waals surface area contributed by atoms with Crippen molar-refractivity contribution in [1.29, 1.82) is 0 Å². The molecule has 1 heterocycles. The van der Waals surface area contributed by atoms with E-state index < -0.39 is 17.9 Å². The molecule has 1 aliphatic rings. The van der Waals surface area contributed by atoms with Gasteiger partial charge in [-0.15, -0.1) is 0 Å². The number of methoxy groups -OCH3 is 1. The topological polar surface area (TPSA) is 140 Å². The molecule has 0 saturated carbocycles. The van der Waals surface area contributed by atoms with Gasteiger partial charge in [0.25, 0.3) is 11.8 Å². The summed E-state index contributed by atoms with van der Waals surface area (Å²) < 4.78 is 10.7. The fraction of sp³-hybridized carbons (Fsp3) is 0.452. The Bertz CT molecular complexity index is 1310. The van der Waals surface area contributed by atoms with E-state index in [1.165, 1.54) is 4.90 Å². The van der Waals surface area contributed by atoms with Crippen LogP contribution < -0.4 is 20.5 Å². The summed E-state index contributed by atoms with van der Waals surface area (Å²) in [7, 11) is 1.56. The van der Waals surface area contributed by atoms with E-state index in [1.807, 2.05) is 40.7 Å². The number of nitrogens with one attached hydrogen (secondary N) is 1. The van der Waals surface area contributed by atoms with E-state index in [0.29, 0.717) is 23.6 Å². The Labute approximate surface area is 241 Å². The monoisotopic (exact) mass is 564 g/mol. The standard InChI is InChI=1S/C31H40N4O6/c1-7-19(2)28(34-27(37)16-31(3,4)5)30(39)35-17-21-14-24(41-18-26(32)36)11-8-20(21)15-25(35)29(38)33-22-9-12-23(40-6)13-10-22/h8-14,19,25H,7,15-18H2,1-6H3,(H2,32,36)(H,33,38). The Morgan fingerprint density at radius 1 is 1.07 bits per heavy atom. The first-order valence-electron chi connectivity index (χ1n) is 13.7. The molecule has 0 bridgehead atoms. The maximum absolute atomic E-state index is 14.1. The summed E-state index contributed by atoms with van der Waals surface area (Å²) in [6.07, 6.45) is 1.01. The number of hydrogen-bond acceptors (Lipinski definition) is 6. The van der Waals surface area contributed by atoms with Crippen LogP contribution in [0, 0.1) is 11.3 Å². The van der Waals surface area contributed by atoms with E-state index in [9.17, 15) is 19.2 Å². The number of primary amides is 1. The van der Waals surface area contributed by atoms with Crippen LogP contribution in [0.2, 0.25) is 0 Å². The second-order valence-corrected chi connectivity index (χ2v) is 11.5.